The quantitative estimate of drug-likeness (QED) is 0.639. The summed E-state index contributed by atoms with van der Waals surface area (Å²) in [5.74, 6) is -0.112. The van der Waals surface area contributed by atoms with Crippen molar-refractivity contribution < 1.29 is 14.0 Å². The van der Waals surface area contributed by atoms with E-state index in [4.69, 9.17) is 17.3 Å². The Balaban J connectivity index is 1.27. The zero-order chi connectivity index (χ0) is 22.6. The maximum Gasteiger partial charge on any atom is 0.317 e. The Hall–Kier alpha value is -2.39. The first-order chi connectivity index (χ1) is 15.3. The lowest BCUT2D eigenvalue weighted by atomic mass is 9.87. The Bertz CT molecular complexity index is 960. The number of nitrogens with two attached hydrogens (primary N) is 1. The molecule has 5 rings (SSSR count). The summed E-state index contributed by atoms with van der Waals surface area (Å²) < 4.78 is 13.5. The van der Waals surface area contributed by atoms with Crippen molar-refractivity contribution in [2.45, 2.75) is 37.9 Å². The summed E-state index contributed by atoms with van der Waals surface area (Å²) in [6, 6.07) is 4.46. The molecule has 8 nitrogen and oxygen atoms in total. The summed E-state index contributed by atoms with van der Waals surface area (Å²) in [5.41, 5.74) is 7.60. The number of benzene rings is 1. The molecular weight excluding hydrogens is 435 g/mol. The minimum absolute atomic E-state index is 0.0469. The second-order valence-corrected chi connectivity index (χ2v) is 9.83. The zero-order valence-corrected chi connectivity index (χ0v) is 18.7. The number of rotatable bonds is 4. The van der Waals surface area contributed by atoms with E-state index in [0.717, 1.165) is 44.5 Å². The van der Waals surface area contributed by atoms with E-state index in [-0.39, 0.29) is 22.9 Å². The third-order valence-electron chi connectivity index (χ3n) is 7.57. The maximum absolute atomic E-state index is 13.5. The van der Waals surface area contributed by atoms with Crippen LogP contribution in [0.3, 0.4) is 0 Å². The van der Waals surface area contributed by atoms with Crippen molar-refractivity contribution in [1.82, 2.24) is 15.2 Å². The molecule has 0 bridgehead atoms. The molecule has 0 radical (unpaired) electrons. The number of carbonyl (C=O) groups excluding carboxylic acids is 2. The number of carbonyl (C=O) groups is 2. The fourth-order valence-corrected chi connectivity index (χ4v) is 6.22. The van der Waals surface area contributed by atoms with Crippen molar-refractivity contribution in [1.29, 1.82) is 0 Å². The van der Waals surface area contributed by atoms with Gasteiger partial charge in [-0.3, -0.25) is 9.80 Å². The number of fused-ring (bicyclic) bond motifs is 1. The summed E-state index contributed by atoms with van der Waals surface area (Å²) >= 11 is 5.85. The Kier molecular flexibility index (Phi) is 5.49. The van der Waals surface area contributed by atoms with Crippen molar-refractivity contribution >= 4 is 34.9 Å². The number of urea groups is 1. The molecule has 2 aliphatic carbocycles. The van der Waals surface area contributed by atoms with Gasteiger partial charge in [-0.05, 0) is 55.7 Å². The van der Waals surface area contributed by atoms with E-state index in [1.807, 2.05) is 4.90 Å². The van der Waals surface area contributed by atoms with Crippen LogP contribution in [0.1, 0.15) is 25.7 Å². The van der Waals surface area contributed by atoms with Gasteiger partial charge in [0.2, 0.25) is 5.91 Å². The molecule has 3 amide bonds. The maximum atomic E-state index is 13.5. The van der Waals surface area contributed by atoms with Crippen LogP contribution in [0, 0.1) is 29.5 Å². The fraction of sp³-hybridized carbons (Fsp3) is 0.591. The Morgan fingerprint density at radius 2 is 2.00 bits per heavy atom. The molecule has 32 heavy (non-hydrogen) atoms. The van der Waals surface area contributed by atoms with Gasteiger partial charge in [0.05, 0.1) is 10.7 Å². The Morgan fingerprint density at radius 3 is 2.62 bits per heavy atom. The van der Waals surface area contributed by atoms with Crippen LogP contribution in [-0.2, 0) is 4.79 Å². The average molecular weight is 463 g/mol. The largest absolute Gasteiger partial charge is 0.336 e. The molecular formula is C22H28ClFN6O2. The van der Waals surface area contributed by atoms with E-state index in [2.05, 4.69) is 15.7 Å². The second kappa shape index (κ2) is 8.19. The monoisotopic (exact) mass is 462 g/mol. The van der Waals surface area contributed by atoms with Gasteiger partial charge in [-0.25, -0.2) is 9.18 Å². The lowest BCUT2D eigenvalue weighted by Crippen LogP contribution is -2.46. The van der Waals surface area contributed by atoms with E-state index in [1.165, 1.54) is 18.2 Å². The molecule has 1 aromatic carbocycles. The van der Waals surface area contributed by atoms with Crippen molar-refractivity contribution in [3.05, 3.63) is 29.0 Å². The minimum Gasteiger partial charge on any atom is -0.336 e. The van der Waals surface area contributed by atoms with Crippen molar-refractivity contribution in [3.63, 3.8) is 0 Å². The van der Waals surface area contributed by atoms with E-state index < -0.39 is 17.9 Å². The van der Waals surface area contributed by atoms with Crippen LogP contribution in [0.2, 0.25) is 5.02 Å². The topological polar surface area (TPSA) is 103 Å². The highest BCUT2D eigenvalue weighted by Gasteiger charge is 2.50. The fourth-order valence-electron chi connectivity index (χ4n) is 6.04. The third-order valence-corrected chi connectivity index (χ3v) is 7.86. The van der Waals surface area contributed by atoms with Crippen LogP contribution in [0.5, 0.6) is 0 Å². The molecule has 1 saturated heterocycles. The van der Waals surface area contributed by atoms with Gasteiger partial charge in [0.1, 0.15) is 17.9 Å². The Morgan fingerprint density at radius 1 is 1.28 bits per heavy atom. The number of nitrogens with one attached hydrogen (secondary N) is 2. The highest BCUT2D eigenvalue weighted by Crippen LogP contribution is 2.50. The van der Waals surface area contributed by atoms with Gasteiger partial charge in [-0.15, -0.1) is 0 Å². The number of halogens is 2. The minimum atomic E-state index is -0.576. The number of amides is 3. The summed E-state index contributed by atoms with van der Waals surface area (Å²) in [6.45, 7) is 1.51. The third kappa shape index (κ3) is 3.71. The number of hydrazone groups is 1. The molecule has 4 unspecified atom stereocenters. The Labute approximate surface area is 191 Å². The van der Waals surface area contributed by atoms with Gasteiger partial charge in [-0.2, -0.15) is 5.10 Å². The van der Waals surface area contributed by atoms with Crippen LogP contribution in [-0.4, -0.2) is 59.9 Å². The molecule has 10 heteroatoms. The molecule has 0 aromatic heterocycles. The number of anilines is 1. The highest BCUT2D eigenvalue weighted by atomic mass is 35.5. The first-order valence-electron chi connectivity index (χ1n) is 11.2. The molecule has 4 N–H and O–H groups in total. The molecule has 3 fully saturated rings. The standard InChI is InChI=1S/C22H28ClFN6O2/c1-29-20(25)18(21(31)27-14-2-3-17(24)16(23)10-14)19(28-29)13-6-11-8-15(9-12(11)7-13)30-5-4-26-22(30)32/h2-3,10-13,15,18,20H,4-9,25H2,1H3,(H,26,32)(H,27,31). The van der Waals surface area contributed by atoms with E-state index >= 15 is 0 Å². The van der Waals surface area contributed by atoms with Gasteiger partial charge in [0, 0.05) is 37.8 Å². The smallest absolute Gasteiger partial charge is 0.317 e. The van der Waals surface area contributed by atoms with Gasteiger partial charge in [-0.1, -0.05) is 11.6 Å². The summed E-state index contributed by atoms with van der Waals surface area (Å²) in [6.07, 6.45) is 3.38. The number of nitrogens with zero attached hydrogens (tertiary/aromatic N) is 3. The molecule has 2 heterocycles. The van der Waals surface area contributed by atoms with E-state index in [0.29, 0.717) is 23.6 Å². The molecule has 4 aliphatic rings. The second-order valence-electron chi connectivity index (χ2n) is 9.42. The van der Waals surface area contributed by atoms with Crippen molar-refractivity contribution in [3.8, 4) is 0 Å². The van der Waals surface area contributed by atoms with Crippen LogP contribution in [0.15, 0.2) is 23.3 Å². The SMILES string of the molecule is CN1N=C(C2CC3CC(N4CCNC4=O)CC3C2)C(C(=O)Nc2ccc(F)c(Cl)c2)C1N. The van der Waals surface area contributed by atoms with Crippen molar-refractivity contribution in [2.24, 2.45) is 34.5 Å². The van der Waals surface area contributed by atoms with Crippen LogP contribution < -0.4 is 16.4 Å². The first-order valence-corrected chi connectivity index (χ1v) is 11.6. The van der Waals surface area contributed by atoms with Gasteiger partial charge < -0.3 is 21.3 Å². The first kappa shape index (κ1) is 21.5. The van der Waals surface area contributed by atoms with Gasteiger partial charge in [0.25, 0.3) is 0 Å². The molecule has 2 saturated carbocycles. The average Bonchev–Trinajstić information content (AvgIpc) is 3.48. The molecule has 4 atom stereocenters. The normalized spacial score (nSPS) is 34.0. The zero-order valence-electron chi connectivity index (χ0n) is 17.9. The summed E-state index contributed by atoms with van der Waals surface area (Å²) in [4.78, 5) is 27.2. The predicted molar refractivity (Wildman–Crippen MR) is 120 cm³/mol. The van der Waals surface area contributed by atoms with Gasteiger partial charge >= 0.3 is 6.03 Å². The van der Waals surface area contributed by atoms with Crippen molar-refractivity contribution in [2.75, 3.05) is 25.5 Å². The van der Waals surface area contributed by atoms with Gasteiger partial charge in [0.15, 0.2) is 0 Å². The number of hydrogen-bond acceptors (Lipinski definition) is 5. The highest BCUT2D eigenvalue weighted by molar-refractivity contribution is 6.31. The summed E-state index contributed by atoms with van der Waals surface area (Å²) in [5, 5.41) is 12.0. The lowest BCUT2D eigenvalue weighted by molar-refractivity contribution is -0.119. The van der Waals surface area contributed by atoms with Crippen LogP contribution in [0.25, 0.3) is 0 Å². The molecule has 2 aliphatic heterocycles. The van der Waals surface area contributed by atoms with Crippen LogP contribution >= 0.6 is 11.6 Å². The van der Waals surface area contributed by atoms with Crippen LogP contribution in [0.4, 0.5) is 14.9 Å². The lowest BCUT2D eigenvalue weighted by Gasteiger charge is -2.25. The molecule has 172 valence electrons. The molecule has 0 spiro atoms. The number of hydrogen-bond donors (Lipinski definition) is 3. The van der Waals surface area contributed by atoms with E-state index in [9.17, 15) is 14.0 Å². The predicted octanol–water partition coefficient (Wildman–Crippen LogP) is 2.45. The summed E-state index contributed by atoms with van der Waals surface area (Å²) in [7, 11) is 1.78. The van der Waals surface area contributed by atoms with E-state index in [1.54, 1.807) is 12.1 Å². The molecule has 1 aromatic rings.